The third kappa shape index (κ3) is 3.92. The fourth-order valence-corrected chi connectivity index (χ4v) is 3.83. The molecule has 132 valence electrons. The summed E-state index contributed by atoms with van der Waals surface area (Å²) in [5.41, 5.74) is 0.392. The summed E-state index contributed by atoms with van der Waals surface area (Å²) in [4.78, 5) is 12.4. The van der Waals surface area contributed by atoms with Crippen molar-refractivity contribution in [1.82, 2.24) is 20.2 Å². The second kappa shape index (κ2) is 7.56. The van der Waals surface area contributed by atoms with E-state index in [0.29, 0.717) is 11.5 Å². The van der Waals surface area contributed by atoms with Gasteiger partial charge in [-0.05, 0) is 22.6 Å². The summed E-state index contributed by atoms with van der Waals surface area (Å²) in [7, 11) is -0.943. The van der Waals surface area contributed by atoms with E-state index in [-0.39, 0.29) is 27.2 Å². The van der Waals surface area contributed by atoms with Crippen LogP contribution in [-0.2, 0) is 17.2 Å². The van der Waals surface area contributed by atoms with Crippen LogP contribution in [0.1, 0.15) is 24.2 Å². The molecular formula is C13H18Cl2N6O2S. The molecular weight excluding hydrogens is 375 g/mol. The van der Waals surface area contributed by atoms with Crippen LogP contribution in [0.5, 0.6) is 0 Å². The fourth-order valence-electron chi connectivity index (χ4n) is 1.86. The van der Waals surface area contributed by atoms with Gasteiger partial charge in [-0.25, -0.2) is 9.04 Å². The number of nitrogens with zero attached hydrogens (tertiary/aromatic N) is 5. The Kier molecular flexibility index (Phi) is 5.92. The first-order valence-electron chi connectivity index (χ1n) is 7.16. The molecule has 0 bridgehead atoms. The van der Waals surface area contributed by atoms with Crippen LogP contribution in [0.15, 0.2) is 16.5 Å². The number of amides is 1. The van der Waals surface area contributed by atoms with Crippen LogP contribution in [0, 0.1) is 0 Å². The lowest BCUT2D eigenvalue weighted by Crippen LogP contribution is -2.17. The number of nitrogens with one attached hydrogen (secondary N) is 1. The molecule has 0 saturated heterocycles. The van der Waals surface area contributed by atoms with E-state index in [1.807, 2.05) is 13.8 Å². The lowest BCUT2D eigenvalue weighted by atomic mass is 10.2. The molecule has 2 N–H and O–H groups in total. The van der Waals surface area contributed by atoms with Gasteiger partial charge in [-0.2, -0.15) is 0 Å². The van der Waals surface area contributed by atoms with Gasteiger partial charge in [0, 0.05) is 18.6 Å². The number of anilines is 1. The highest BCUT2D eigenvalue weighted by molar-refractivity contribution is 8.00. The van der Waals surface area contributed by atoms with Gasteiger partial charge >= 0.3 is 0 Å². The Morgan fingerprint density at radius 1 is 1.38 bits per heavy atom. The van der Waals surface area contributed by atoms with Gasteiger partial charge in [-0.1, -0.05) is 42.1 Å². The number of thiol groups is 1. The van der Waals surface area contributed by atoms with E-state index in [4.69, 9.17) is 23.2 Å². The molecule has 0 aliphatic heterocycles. The Morgan fingerprint density at radius 2 is 2.04 bits per heavy atom. The van der Waals surface area contributed by atoms with Crippen LogP contribution in [0.25, 0.3) is 0 Å². The van der Waals surface area contributed by atoms with E-state index < -0.39 is 16.0 Å². The van der Waals surface area contributed by atoms with Gasteiger partial charge in [-0.15, -0.1) is 10.1 Å². The van der Waals surface area contributed by atoms with E-state index in [1.54, 1.807) is 7.05 Å². The molecule has 8 nitrogen and oxygen atoms in total. The molecule has 0 aliphatic rings. The number of benzene rings is 1. The summed E-state index contributed by atoms with van der Waals surface area (Å²) in [5.74, 6) is 0.672. The second-order valence-electron chi connectivity index (χ2n) is 4.95. The number of hydrogen-bond donors (Lipinski definition) is 3. The van der Waals surface area contributed by atoms with Crippen molar-refractivity contribution in [3.8, 4) is 0 Å². The Bertz CT molecular complexity index is 815. The Morgan fingerprint density at radius 3 is 2.58 bits per heavy atom. The maximum atomic E-state index is 12.4. The molecule has 0 radical (unpaired) electrons. The van der Waals surface area contributed by atoms with E-state index in [2.05, 4.69) is 25.2 Å². The molecule has 24 heavy (non-hydrogen) atoms. The molecule has 0 fully saturated rings. The minimum Gasteiger partial charge on any atom is -0.344 e. The first-order valence-corrected chi connectivity index (χ1v) is 9.98. The van der Waals surface area contributed by atoms with Crippen molar-refractivity contribution in [3.05, 3.63) is 27.7 Å². The highest BCUT2D eigenvalue weighted by Gasteiger charge is 2.19. The number of tetrazole rings is 1. The molecule has 1 amide bonds. The molecule has 0 saturated carbocycles. The monoisotopic (exact) mass is 392 g/mol. The van der Waals surface area contributed by atoms with Crippen molar-refractivity contribution in [1.29, 1.82) is 0 Å². The fraction of sp³-hybridized carbons (Fsp3) is 0.385. The average molecular weight is 393 g/mol. The van der Waals surface area contributed by atoms with Crippen molar-refractivity contribution in [3.63, 3.8) is 0 Å². The molecule has 0 aliphatic carbocycles. The van der Waals surface area contributed by atoms with Crippen LogP contribution in [0.2, 0.25) is 10.0 Å². The van der Waals surface area contributed by atoms with Crippen molar-refractivity contribution in [2.24, 2.45) is 11.4 Å². The molecule has 1 aromatic heterocycles. The molecule has 0 unspecified atom stereocenters. The first-order chi connectivity index (χ1) is 11.3. The molecule has 1 aromatic carbocycles. The number of aryl methyl sites for hydroxylation is 1. The standard InChI is InChI=1S/C13H18Cl2N6O2S/c1-4-24(23,5-2)18-11-9(14)7-6-8(10(11)15)12(22)16-13-17-19-20-21(13)3/h6-7,24H,4-5H2,1-3H3,(H,18,23)(H,16,17,20,22). The predicted molar refractivity (Wildman–Crippen MR) is 97.8 cm³/mol. The minimum atomic E-state index is -2.53. The van der Waals surface area contributed by atoms with Crippen LogP contribution in [-0.4, -0.2) is 42.2 Å². The van der Waals surface area contributed by atoms with Gasteiger partial charge in [0.1, 0.15) is 5.69 Å². The topological polar surface area (TPSA) is 105 Å². The zero-order valence-electron chi connectivity index (χ0n) is 13.4. The first kappa shape index (κ1) is 18.8. The van der Waals surface area contributed by atoms with Crippen molar-refractivity contribution in [2.75, 3.05) is 16.8 Å². The lowest BCUT2D eigenvalue weighted by Gasteiger charge is -2.21. The molecule has 11 heteroatoms. The Hall–Kier alpha value is -1.55. The molecule has 2 aromatic rings. The number of aromatic nitrogens is 4. The lowest BCUT2D eigenvalue weighted by molar-refractivity contribution is 0.102. The van der Waals surface area contributed by atoms with Gasteiger partial charge in [-0.3, -0.25) is 10.1 Å². The highest BCUT2D eigenvalue weighted by atomic mass is 35.5. The number of carbonyl (C=O) groups is 1. The van der Waals surface area contributed by atoms with Gasteiger partial charge < -0.3 is 4.55 Å². The van der Waals surface area contributed by atoms with Crippen molar-refractivity contribution < 1.29 is 9.35 Å². The summed E-state index contributed by atoms with van der Waals surface area (Å²) >= 11 is 12.5. The molecule has 1 heterocycles. The largest absolute Gasteiger partial charge is 0.344 e. The van der Waals surface area contributed by atoms with E-state index in [0.717, 1.165) is 0 Å². The Labute approximate surface area is 150 Å². The second-order valence-corrected chi connectivity index (χ2v) is 8.96. The van der Waals surface area contributed by atoms with Gasteiger partial charge in [0.05, 0.1) is 15.6 Å². The minimum absolute atomic E-state index is 0.0791. The maximum Gasteiger partial charge on any atom is 0.259 e. The zero-order chi connectivity index (χ0) is 17.9. The van der Waals surface area contributed by atoms with Crippen molar-refractivity contribution in [2.45, 2.75) is 13.8 Å². The SMILES string of the molecule is CC[SH](O)(CC)=Nc1c(Cl)ccc(C(=O)Nc2nnnn2C)c1Cl. The van der Waals surface area contributed by atoms with Gasteiger partial charge in [0.2, 0.25) is 5.95 Å². The number of rotatable bonds is 5. The maximum absolute atomic E-state index is 12.4. The normalized spacial score (nSPS) is 12.1. The summed E-state index contributed by atoms with van der Waals surface area (Å²) in [5, 5.41) is 13.7. The van der Waals surface area contributed by atoms with Crippen molar-refractivity contribution >= 4 is 50.9 Å². The highest BCUT2D eigenvalue weighted by Crippen LogP contribution is 2.37. The smallest absolute Gasteiger partial charge is 0.259 e. The number of halogens is 2. The van der Waals surface area contributed by atoms with E-state index >= 15 is 0 Å². The molecule has 2 rings (SSSR count). The van der Waals surface area contributed by atoms with Crippen LogP contribution in [0.4, 0.5) is 11.6 Å². The zero-order valence-corrected chi connectivity index (χ0v) is 15.8. The number of carbonyl (C=O) groups excluding carboxylic acids is 1. The van der Waals surface area contributed by atoms with E-state index in [9.17, 15) is 9.35 Å². The third-order valence-electron chi connectivity index (χ3n) is 3.46. The molecule has 0 spiro atoms. The van der Waals surface area contributed by atoms with Crippen LogP contribution >= 0.6 is 23.2 Å². The Balaban J connectivity index is 2.45. The molecule has 0 atom stereocenters. The predicted octanol–water partition coefficient (Wildman–Crippen LogP) is 2.98. The summed E-state index contributed by atoms with van der Waals surface area (Å²) in [6.45, 7) is 3.69. The van der Waals surface area contributed by atoms with Gasteiger partial charge in [0.25, 0.3) is 5.91 Å². The number of hydrogen-bond acceptors (Lipinski definition) is 5. The third-order valence-corrected chi connectivity index (χ3v) is 6.74. The van der Waals surface area contributed by atoms with Gasteiger partial charge in [0.15, 0.2) is 0 Å². The summed E-state index contributed by atoms with van der Waals surface area (Å²) in [6.07, 6.45) is 0. The summed E-state index contributed by atoms with van der Waals surface area (Å²) < 4.78 is 16.2. The van der Waals surface area contributed by atoms with E-state index in [1.165, 1.54) is 16.8 Å². The van der Waals surface area contributed by atoms with Crippen LogP contribution in [0.3, 0.4) is 0 Å². The average Bonchev–Trinajstić information content (AvgIpc) is 2.96. The quantitative estimate of drug-likeness (QED) is 0.678. The summed E-state index contributed by atoms with van der Waals surface area (Å²) in [6, 6.07) is 3.00. The van der Waals surface area contributed by atoms with Crippen LogP contribution < -0.4 is 5.32 Å².